The zero-order chi connectivity index (χ0) is 19.2. The summed E-state index contributed by atoms with van der Waals surface area (Å²) in [5.41, 5.74) is -0.383. The number of ether oxygens (including phenoxy) is 2. The van der Waals surface area contributed by atoms with E-state index in [4.69, 9.17) is 14.6 Å². The van der Waals surface area contributed by atoms with Crippen LogP contribution in [0, 0.1) is 0 Å². The number of para-hydroxylation sites is 1. The first-order chi connectivity index (χ1) is 11.6. The van der Waals surface area contributed by atoms with E-state index in [0.717, 1.165) is 0 Å². The predicted molar refractivity (Wildman–Crippen MR) is 88.2 cm³/mol. The van der Waals surface area contributed by atoms with Crippen LogP contribution < -0.4 is 4.74 Å². The van der Waals surface area contributed by atoms with Crippen LogP contribution in [-0.2, 0) is 4.74 Å². The van der Waals surface area contributed by atoms with Crippen LogP contribution in [0.2, 0.25) is 0 Å². The summed E-state index contributed by atoms with van der Waals surface area (Å²) in [6, 6.07) is 6.42. The predicted octanol–water partition coefficient (Wildman–Crippen LogP) is -0.543. The molecule has 5 N–H and O–H groups in total. The van der Waals surface area contributed by atoms with Gasteiger partial charge in [-0.2, -0.15) is 0 Å². The molecule has 1 aromatic carbocycles. The quantitative estimate of drug-likeness (QED) is 0.391. The smallest absolute Gasteiger partial charge is 0.342 e. The second-order valence-electron chi connectivity index (χ2n) is 6.61. The van der Waals surface area contributed by atoms with E-state index in [-0.39, 0.29) is 5.56 Å². The topological polar surface area (TPSA) is 137 Å². The minimum Gasteiger partial charge on any atom is -0.487 e. The minimum atomic E-state index is -1.80. The van der Waals surface area contributed by atoms with Crippen molar-refractivity contribution in [1.82, 2.24) is 0 Å². The Labute approximate surface area is 146 Å². The minimum absolute atomic E-state index is 0.148. The van der Waals surface area contributed by atoms with Crippen LogP contribution in [-0.4, -0.2) is 74.7 Å². The monoisotopic (exact) mass is 358 g/mol. The Morgan fingerprint density at radius 1 is 1.04 bits per heavy atom. The van der Waals surface area contributed by atoms with Crippen molar-refractivity contribution in [3.63, 3.8) is 0 Å². The van der Waals surface area contributed by atoms with Gasteiger partial charge >= 0.3 is 5.97 Å². The molecule has 0 amide bonds. The van der Waals surface area contributed by atoms with Crippen LogP contribution in [0.3, 0.4) is 0 Å². The van der Waals surface area contributed by atoms with Gasteiger partial charge in [0, 0.05) is 0 Å². The molecule has 4 atom stereocenters. The molecule has 0 fully saturated rings. The van der Waals surface area contributed by atoms with Gasteiger partial charge in [0.25, 0.3) is 0 Å². The molecule has 0 saturated carbocycles. The summed E-state index contributed by atoms with van der Waals surface area (Å²) >= 11 is 0. The van der Waals surface area contributed by atoms with Gasteiger partial charge in [-0.05, 0) is 32.9 Å². The molecular weight excluding hydrogens is 332 g/mol. The second-order valence-corrected chi connectivity index (χ2v) is 6.61. The van der Waals surface area contributed by atoms with Crippen molar-refractivity contribution in [2.75, 3.05) is 13.2 Å². The molecule has 0 unspecified atom stereocenters. The number of benzene rings is 1. The van der Waals surface area contributed by atoms with E-state index in [1.807, 2.05) is 20.8 Å². The molecule has 0 spiro atoms. The molecule has 8 nitrogen and oxygen atoms in total. The highest BCUT2D eigenvalue weighted by molar-refractivity contribution is 5.92. The zero-order valence-electron chi connectivity index (χ0n) is 14.5. The van der Waals surface area contributed by atoms with Crippen molar-refractivity contribution in [1.29, 1.82) is 0 Å². The molecule has 1 rings (SSSR count). The van der Waals surface area contributed by atoms with Crippen molar-refractivity contribution in [2.24, 2.45) is 0 Å². The number of aliphatic hydroxyl groups excluding tert-OH is 5. The Hall–Kier alpha value is -1.71. The lowest BCUT2D eigenvalue weighted by atomic mass is 10.0. The first kappa shape index (κ1) is 21.3. The third kappa shape index (κ3) is 6.60. The van der Waals surface area contributed by atoms with Gasteiger partial charge in [0.2, 0.25) is 0 Å². The summed E-state index contributed by atoms with van der Waals surface area (Å²) in [4.78, 5) is 12.2. The van der Waals surface area contributed by atoms with E-state index in [0.29, 0.717) is 5.75 Å². The van der Waals surface area contributed by atoms with Crippen LogP contribution in [0.25, 0.3) is 0 Å². The van der Waals surface area contributed by atoms with Crippen LogP contribution in [0.5, 0.6) is 5.75 Å². The van der Waals surface area contributed by atoms with Gasteiger partial charge in [0.1, 0.15) is 47.9 Å². The third-order valence-electron chi connectivity index (χ3n) is 3.23. The average Bonchev–Trinajstić information content (AvgIpc) is 2.56. The average molecular weight is 358 g/mol. The van der Waals surface area contributed by atoms with Crippen LogP contribution in [0.4, 0.5) is 0 Å². The molecule has 0 aliphatic carbocycles. The summed E-state index contributed by atoms with van der Waals surface area (Å²) < 4.78 is 10.6. The number of carbonyl (C=O) groups excluding carboxylic acids is 1. The highest BCUT2D eigenvalue weighted by atomic mass is 16.5. The van der Waals surface area contributed by atoms with E-state index < -0.39 is 49.2 Å². The third-order valence-corrected chi connectivity index (χ3v) is 3.23. The van der Waals surface area contributed by atoms with E-state index in [1.54, 1.807) is 18.2 Å². The molecular formula is C17H26O8. The number of hydrogen-bond donors (Lipinski definition) is 5. The number of hydrogen-bond acceptors (Lipinski definition) is 8. The van der Waals surface area contributed by atoms with E-state index in [9.17, 15) is 25.2 Å². The maximum Gasteiger partial charge on any atom is 0.342 e. The van der Waals surface area contributed by atoms with Gasteiger partial charge in [-0.1, -0.05) is 12.1 Å². The molecule has 25 heavy (non-hydrogen) atoms. The van der Waals surface area contributed by atoms with E-state index in [1.165, 1.54) is 6.07 Å². The van der Waals surface area contributed by atoms with Gasteiger partial charge in [-0.3, -0.25) is 0 Å². The van der Waals surface area contributed by atoms with Crippen molar-refractivity contribution in [3.05, 3.63) is 29.8 Å². The molecule has 1 aromatic rings. The molecule has 0 aliphatic heterocycles. The summed E-state index contributed by atoms with van der Waals surface area (Å²) in [7, 11) is 0. The van der Waals surface area contributed by atoms with Gasteiger partial charge in [-0.25, -0.2) is 4.79 Å². The second kappa shape index (κ2) is 9.12. The zero-order valence-corrected chi connectivity index (χ0v) is 14.5. The number of aliphatic hydroxyl groups is 5. The lowest BCUT2D eigenvalue weighted by Gasteiger charge is -2.25. The summed E-state index contributed by atoms with van der Waals surface area (Å²) in [5, 5.41) is 47.0. The van der Waals surface area contributed by atoms with Gasteiger partial charge < -0.3 is 35.0 Å². The standard InChI is InChI=1S/C17H26O8/c1-17(2,3)25-13-7-5-4-6-10(13)16(23)24-9-12(20)15(22)14(21)11(19)8-18/h4-7,11-12,14-15,18-22H,8-9H2,1-3H3/t11-,12+,14-,15-/m1/s1. The Kier molecular flexibility index (Phi) is 7.78. The van der Waals surface area contributed by atoms with Crippen molar-refractivity contribution in [3.8, 4) is 5.75 Å². The van der Waals surface area contributed by atoms with Crippen molar-refractivity contribution < 1.29 is 39.8 Å². The van der Waals surface area contributed by atoms with Gasteiger partial charge in [0.05, 0.1) is 6.61 Å². The number of esters is 1. The first-order valence-electron chi connectivity index (χ1n) is 7.85. The molecule has 0 heterocycles. The summed E-state index contributed by atoms with van der Waals surface area (Å²) in [6.07, 6.45) is -6.84. The maximum atomic E-state index is 12.2. The number of carbonyl (C=O) groups is 1. The highest BCUT2D eigenvalue weighted by Crippen LogP contribution is 2.23. The van der Waals surface area contributed by atoms with Gasteiger partial charge in [-0.15, -0.1) is 0 Å². The summed E-state index contributed by atoms with van der Waals surface area (Å²) in [5.74, 6) is -0.464. The maximum absolute atomic E-state index is 12.2. The molecule has 0 saturated heterocycles. The highest BCUT2D eigenvalue weighted by Gasteiger charge is 2.31. The molecule has 0 aliphatic rings. The Morgan fingerprint density at radius 2 is 1.60 bits per heavy atom. The normalized spacial score (nSPS) is 16.6. The summed E-state index contributed by atoms with van der Waals surface area (Å²) in [6.45, 7) is 4.07. The Bertz CT molecular complexity index is 554. The first-order valence-corrected chi connectivity index (χ1v) is 7.85. The fourth-order valence-electron chi connectivity index (χ4n) is 1.95. The fraction of sp³-hybridized carbons (Fsp3) is 0.588. The van der Waals surface area contributed by atoms with Crippen LogP contribution >= 0.6 is 0 Å². The van der Waals surface area contributed by atoms with E-state index in [2.05, 4.69) is 0 Å². The van der Waals surface area contributed by atoms with E-state index >= 15 is 0 Å². The van der Waals surface area contributed by atoms with Gasteiger partial charge in [0.15, 0.2) is 0 Å². The lowest BCUT2D eigenvalue weighted by molar-refractivity contribution is -0.124. The van der Waals surface area contributed by atoms with Crippen LogP contribution in [0.1, 0.15) is 31.1 Å². The number of rotatable bonds is 8. The molecule has 142 valence electrons. The lowest BCUT2D eigenvalue weighted by Crippen LogP contribution is -2.47. The fourth-order valence-corrected chi connectivity index (χ4v) is 1.95. The Balaban J connectivity index is 2.71. The Morgan fingerprint density at radius 3 is 2.16 bits per heavy atom. The van der Waals surface area contributed by atoms with Crippen molar-refractivity contribution in [2.45, 2.75) is 50.8 Å². The molecule has 8 heteroatoms. The van der Waals surface area contributed by atoms with Crippen molar-refractivity contribution >= 4 is 5.97 Å². The largest absolute Gasteiger partial charge is 0.487 e. The molecule has 0 radical (unpaired) electrons. The van der Waals surface area contributed by atoms with Crippen LogP contribution in [0.15, 0.2) is 24.3 Å². The molecule has 0 bridgehead atoms. The molecule has 0 aromatic heterocycles. The SMILES string of the molecule is CC(C)(C)Oc1ccccc1C(=O)OC[C@H](O)[C@@H](O)[C@H](O)[C@H](O)CO.